The Bertz CT molecular complexity index is 1110. The molecule has 6 heteroatoms. The van der Waals surface area contributed by atoms with Gasteiger partial charge in [0.2, 0.25) is 5.91 Å². The van der Waals surface area contributed by atoms with Crippen LogP contribution in [0.2, 0.25) is 5.02 Å². The number of halogens is 2. The van der Waals surface area contributed by atoms with Crippen molar-refractivity contribution < 1.29 is 14.0 Å². The van der Waals surface area contributed by atoms with Crippen molar-refractivity contribution in [3.8, 4) is 0 Å². The highest BCUT2D eigenvalue weighted by molar-refractivity contribution is 6.30. The number of carbonyl (C=O) groups excluding carboxylic acids is 2. The van der Waals surface area contributed by atoms with Gasteiger partial charge in [0, 0.05) is 10.7 Å². The van der Waals surface area contributed by atoms with Crippen molar-refractivity contribution in [1.29, 1.82) is 0 Å². The fraction of sp³-hybridized carbons (Fsp3) is 0.200. The normalized spacial score (nSPS) is 16.9. The summed E-state index contributed by atoms with van der Waals surface area (Å²) in [5, 5.41) is 0.533. The molecule has 1 saturated heterocycles. The van der Waals surface area contributed by atoms with Crippen LogP contribution in [0.25, 0.3) is 0 Å². The van der Waals surface area contributed by atoms with E-state index in [0.29, 0.717) is 22.2 Å². The highest BCUT2D eigenvalue weighted by Gasteiger charge is 2.42. The maximum Gasteiger partial charge on any atom is 0.255 e. The van der Waals surface area contributed by atoms with E-state index in [1.54, 1.807) is 36.4 Å². The molecule has 0 spiro atoms. The number of carbonyl (C=O) groups is 2. The van der Waals surface area contributed by atoms with E-state index in [0.717, 1.165) is 5.56 Å². The first-order valence-corrected chi connectivity index (χ1v) is 10.5. The molecule has 1 aliphatic rings. The zero-order valence-corrected chi connectivity index (χ0v) is 18.0. The van der Waals surface area contributed by atoms with Gasteiger partial charge in [-0.05, 0) is 53.4 Å². The number of rotatable bonds is 4. The van der Waals surface area contributed by atoms with Gasteiger partial charge in [-0.25, -0.2) is 4.39 Å². The summed E-state index contributed by atoms with van der Waals surface area (Å²) in [5.41, 5.74) is 2.45. The van der Waals surface area contributed by atoms with Gasteiger partial charge < -0.3 is 0 Å². The Kier molecular flexibility index (Phi) is 5.79. The van der Waals surface area contributed by atoms with E-state index < -0.39 is 11.9 Å². The first-order chi connectivity index (χ1) is 14.9. The number of amides is 2. The molecule has 4 rings (SSSR count). The summed E-state index contributed by atoms with van der Waals surface area (Å²) in [6.07, 6.45) is 0. The number of hydrogen-bond acceptors (Lipinski definition) is 2. The second-order valence-electron chi connectivity index (χ2n) is 7.84. The Morgan fingerprint density at radius 2 is 1.58 bits per heavy atom. The molecule has 0 aliphatic carbocycles. The van der Waals surface area contributed by atoms with Crippen molar-refractivity contribution in [3.05, 3.63) is 94.8 Å². The minimum atomic E-state index is -0.914. The van der Waals surface area contributed by atoms with E-state index in [1.165, 1.54) is 21.9 Å². The van der Waals surface area contributed by atoms with E-state index in [9.17, 15) is 14.0 Å². The molecule has 2 amide bonds. The van der Waals surface area contributed by atoms with E-state index in [4.69, 9.17) is 11.6 Å². The quantitative estimate of drug-likeness (QED) is 0.524. The summed E-state index contributed by atoms with van der Waals surface area (Å²) < 4.78 is 14.5. The predicted octanol–water partition coefficient (Wildman–Crippen LogP) is 5.72. The van der Waals surface area contributed by atoms with Crippen molar-refractivity contribution in [2.24, 2.45) is 0 Å². The third-order valence-corrected chi connectivity index (χ3v) is 5.74. The van der Waals surface area contributed by atoms with Crippen LogP contribution in [0, 0.1) is 5.82 Å². The Labute approximate surface area is 185 Å². The van der Waals surface area contributed by atoms with Crippen molar-refractivity contribution in [2.75, 3.05) is 16.3 Å². The van der Waals surface area contributed by atoms with Crippen LogP contribution in [0.5, 0.6) is 0 Å². The van der Waals surface area contributed by atoms with Crippen molar-refractivity contribution >= 4 is 34.8 Å². The molecule has 0 N–H and O–H groups in total. The first-order valence-electron chi connectivity index (χ1n) is 10.1. The standard InChI is InChI=1S/C25H22ClFN2O2/c1-16(2)17-7-9-18(10-8-17)24-25(31)28(22-6-4-3-5-21(22)27)15-23(30)29(24)20-13-11-19(26)12-14-20/h3-14,16,24H,15H2,1-2H3/t24-/m1/s1. The molecule has 3 aromatic rings. The molecule has 31 heavy (non-hydrogen) atoms. The van der Waals surface area contributed by atoms with Crippen LogP contribution in [0.15, 0.2) is 72.8 Å². The minimum Gasteiger partial charge on any atom is -0.298 e. The van der Waals surface area contributed by atoms with Gasteiger partial charge in [-0.1, -0.05) is 61.8 Å². The van der Waals surface area contributed by atoms with E-state index in [2.05, 4.69) is 13.8 Å². The summed E-state index contributed by atoms with van der Waals surface area (Å²) >= 11 is 6.02. The number of para-hydroxylation sites is 1. The van der Waals surface area contributed by atoms with Crippen LogP contribution in [0.1, 0.15) is 36.9 Å². The summed E-state index contributed by atoms with van der Waals surface area (Å²) in [6.45, 7) is 3.93. The number of benzene rings is 3. The van der Waals surface area contributed by atoms with Gasteiger partial charge in [0.15, 0.2) is 0 Å². The van der Waals surface area contributed by atoms with Crippen molar-refractivity contribution in [2.45, 2.75) is 25.8 Å². The number of hydrogen-bond donors (Lipinski definition) is 0. The average Bonchev–Trinajstić information content (AvgIpc) is 2.76. The van der Waals surface area contributed by atoms with Gasteiger partial charge in [-0.15, -0.1) is 0 Å². The molecule has 0 radical (unpaired) electrons. The van der Waals surface area contributed by atoms with E-state index in [1.807, 2.05) is 24.3 Å². The minimum absolute atomic E-state index is 0.0976. The molecular formula is C25H22ClFN2O2. The number of nitrogens with zero attached hydrogens (tertiary/aromatic N) is 2. The maximum absolute atomic E-state index is 14.5. The second-order valence-corrected chi connectivity index (χ2v) is 8.28. The lowest BCUT2D eigenvalue weighted by molar-refractivity contribution is -0.128. The lowest BCUT2D eigenvalue weighted by Gasteiger charge is -2.40. The van der Waals surface area contributed by atoms with Crippen LogP contribution in [0.3, 0.4) is 0 Å². The predicted molar refractivity (Wildman–Crippen MR) is 121 cm³/mol. The van der Waals surface area contributed by atoms with Crippen molar-refractivity contribution in [3.63, 3.8) is 0 Å². The summed E-state index contributed by atoms with van der Waals surface area (Å²) in [6, 6.07) is 19.5. The Morgan fingerprint density at radius 3 is 2.19 bits per heavy atom. The zero-order chi connectivity index (χ0) is 22.1. The van der Waals surface area contributed by atoms with Crippen LogP contribution in [-0.4, -0.2) is 18.4 Å². The molecule has 1 atom stereocenters. The third-order valence-electron chi connectivity index (χ3n) is 5.49. The molecule has 0 saturated carbocycles. The smallest absolute Gasteiger partial charge is 0.255 e. The van der Waals surface area contributed by atoms with Crippen LogP contribution in [0.4, 0.5) is 15.8 Å². The van der Waals surface area contributed by atoms with Gasteiger partial charge >= 0.3 is 0 Å². The summed E-state index contributed by atoms with van der Waals surface area (Å²) in [7, 11) is 0. The third kappa shape index (κ3) is 4.06. The Balaban J connectivity index is 1.81. The van der Waals surface area contributed by atoms with Gasteiger partial charge in [0.1, 0.15) is 18.4 Å². The molecule has 0 bridgehead atoms. The second kappa shape index (κ2) is 8.52. The van der Waals surface area contributed by atoms with Crippen molar-refractivity contribution in [1.82, 2.24) is 0 Å². The van der Waals surface area contributed by atoms with E-state index in [-0.39, 0.29) is 24.0 Å². The monoisotopic (exact) mass is 436 g/mol. The van der Waals surface area contributed by atoms with Gasteiger partial charge in [0.05, 0.1) is 5.69 Å². The molecular weight excluding hydrogens is 415 g/mol. The molecule has 1 aliphatic heterocycles. The fourth-order valence-electron chi connectivity index (χ4n) is 3.82. The summed E-state index contributed by atoms with van der Waals surface area (Å²) in [5.74, 6) is -0.877. The number of anilines is 2. The lowest BCUT2D eigenvalue weighted by Crippen LogP contribution is -2.56. The lowest BCUT2D eigenvalue weighted by atomic mass is 9.95. The molecule has 158 valence electrons. The zero-order valence-electron chi connectivity index (χ0n) is 17.3. The first kappa shape index (κ1) is 21.1. The summed E-state index contributed by atoms with van der Waals surface area (Å²) in [4.78, 5) is 29.6. The molecule has 1 heterocycles. The average molecular weight is 437 g/mol. The van der Waals surface area contributed by atoms with Gasteiger partial charge in [0.25, 0.3) is 5.91 Å². The topological polar surface area (TPSA) is 40.6 Å². The largest absolute Gasteiger partial charge is 0.298 e. The highest BCUT2D eigenvalue weighted by Crippen LogP contribution is 2.36. The molecule has 0 aromatic heterocycles. The van der Waals surface area contributed by atoms with Gasteiger partial charge in [-0.3, -0.25) is 19.4 Å². The van der Waals surface area contributed by atoms with Crippen LogP contribution >= 0.6 is 11.6 Å². The highest BCUT2D eigenvalue weighted by atomic mass is 35.5. The maximum atomic E-state index is 14.5. The molecule has 4 nitrogen and oxygen atoms in total. The van der Waals surface area contributed by atoms with Crippen LogP contribution in [-0.2, 0) is 9.59 Å². The Hall–Kier alpha value is -3.18. The molecule has 1 fully saturated rings. The molecule has 0 unspecified atom stereocenters. The van der Waals surface area contributed by atoms with E-state index >= 15 is 0 Å². The fourth-order valence-corrected chi connectivity index (χ4v) is 3.94. The number of piperazine rings is 1. The Morgan fingerprint density at radius 1 is 0.935 bits per heavy atom. The van der Waals surface area contributed by atoms with Crippen LogP contribution < -0.4 is 9.80 Å². The SMILES string of the molecule is CC(C)c1ccc([C@@H]2C(=O)N(c3ccccc3F)CC(=O)N2c2ccc(Cl)cc2)cc1. The van der Waals surface area contributed by atoms with Gasteiger partial charge in [-0.2, -0.15) is 0 Å². The molecule has 3 aromatic carbocycles.